The van der Waals surface area contributed by atoms with Gasteiger partial charge in [-0.05, 0) is 44.8 Å². The molecule has 0 fully saturated rings. The molecule has 0 spiro atoms. The van der Waals surface area contributed by atoms with Gasteiger partial charge in [-0.3, -0.25) is 4.79 Å². The average molecular weight is 248 g/mol. The van der Waals surface area contributed by atoms with Crippen molar-refractivity contribution in [3.63, 3.8) is 0 Å². The molecule has 1 rings (SSSR count). The Balaban J connectivity index is 3.41. The van der Waals surface area contributed by atoms with Crippen LogP contribution in [0.2, 0.25) is 0 Å². The van der Waals surface area contributed by atoms with Crippen LogP contribution in [0.5, 0.6) is 0 Å². The van der Waals surface area contributed by atoms with Gasteiger partial charge in [0.1, 0.15) is 5.60 Å². The van der Waals surface area contributed by atoms with Gasteiger partial charge in [-0.25, -0.2) is 0 Å². The summed E-state index contributed by atoms with van der Waals surface area (Å²) in [7, 11) is 1.67. The SMILES string of the molecule is C=CC/C(CCC)=C1\C(=O)C(C)=C(C)C1(C)OC. The fourth-order valence-electron chi connectivity index (χ4n) is 2.68. The minimum absolute atomic E-state index is 0.141. The lowest BCUT2D eigenvalue weighted by Gasteiger charge is -2.28. The van der Waals surface area contributed by atoms with Crippen LogP contribution in [0.1, 0.15) is 47.0 Å². The molecule has 1 atom stereocenters. The van der Waals surface area contributed by atoms with Crippen LogP contribution in [-0.4, -0.2) is 18.5 Å². The Morgan fingerprint density at radius 1 is 1.44 bits per heavy atom. The van der Waals surface area contributed by atoms with Gasteiger partial charge in [0.05, 0.1) is 0 Å². The number of ketones is 1. The minimum Gasteiger partial charge on any atom is -0.369 e. The number of rotatable bonds is 5. The third-order valence-corrected chi connectivity index (χ3v) is 4.03. The van der Waals surface area contributed by atoms with Crippen LogP contribution in [0.15, 0.2) is 34.9 Å². The standard InChI is InChI=1S/C16H24O2/c1-7-9-13(10-8-2)14-15(17)11(3)12(4)16(14,5)18-6/h7H,1,8-10H2,2-6H3/b14-13-. The predicted octanol–water partition coefficient (Wildman–Crippen LogP) is 3.98. The maximum absolute atomic E-state index is 12.5. The summed E-state index contributed by atoms with van der Waals surface area (Å²) in [5, 5.41) is 0. The van der Waals surface area contributed by atoms with Gasteiger partial charge in [0.25, 0.3) is 0 Å². The molecule has 0 aromatic carbocycles. The lowest BCUT2D eigenvalue weighted by Crippen LogP contribution is -2.31. The van der Waals surface area contributed by atoms with Crippen molar-refractivity contribution >= 4 is 5.78 Å². The molecule has 0 saturated carbocycles. The lowest BCUT2D eigenvalue weighted by atomic mass is 9.87. The van der Waals surface area contributed by atoms with Crippen LogP contribution in [0.3, 0.4) is 0 Å². The Kier molecular flexibility index (Phi) is 4.69. The minimum atomic E-state index is -0.561. The first-order valence-electron chi connectivity index (χ1n) is 6.55. The van der Waals surface area contributed by atoms with Crippen LogP contribution in [0, 0.1) is 0 Å². The van der Waals surface area contributed by atoms with Gasteiger partial charge >= 0.3 is 0 Å². The first-order chi connectivity index (χ1) is 8.43. The predicted molar refractivity (Wildman–Crippen MR) is 75.5 cm³/mol. The molecule has 0 aromatic heterocycles. The number of ether oxygens (including phenoxy) is 1. The first-order valence-corrected chi connectivity index (χ1v) is 6.55. The number of hydrogen-bond acceptors (Lipinski definition) is 2. The fraction of sp³-hybridized carbons (Fsp3) is 0.562. The number of Topliss-reactive ketones (excluding diaryl/α,β-unsaturated/α-hetero) is 1. The highest BCUT2D eigenvalue weighted by Gasteiger charge is 2.44. The second-order valence-electron chi connectivity index (χ2n) is 5.04. The van der Waals surface area contributed by atoms with Crippen LogP contribution in [0.4, 0.5) is 0 Å². The molecule has 0 saturated heterocycles. The molecule has 1 aliphatic carbocycles. The molecular weight excluding hydrogens is 224 g/mol. The second kappa shape index (κ2) is 5.66. The molecule has 0 bridgehead atoms. The molecule has 0 N–H and O–H groups in total. The third-order valence-electron chi connectivity index (χ3n) is 4.03. The number of methoxy groups -OCH3 is 1. The van der Waals surface area contributed by atoms with Gasteiger partial charge in [-0.2, -0.15) is 0 Å². The summed E-state index contributed by atoms with van der Waals surface area (Å²) in [5.41, 5.74) is 3.30. The Bertz CT molecular complexity index is 426. The highest BCUT2D eigenvalue weighted by atomic mass is 16.5. The molecule has 1 aliphatic rings. The molecule has 100 valence electrons. The van der Waals surface area contributed by atoms with E-state index in [4.69, 9.17) is 4.74 Å². The van der Waals surface area contributed by atoms with Crippen molar-refractivity contribution in [2.75, 3.05) is 7.11 Å². The summed E-state index contributed by atoms with van der Waals surface area (Å²) >= 11 is 0. The topological polar surface area (TPSA) is 26.3 Å². The van der Waals surface area contributed by atoms with E-state index in [1.54, 1.807) is 7.11 Å². The van der Waals surface area contributed by atoms with Crippen LogP contribution < -0.4 is 0 Å². The first kappa shape index (κ1) is 14.9. The van der Waals surface area contributed by atoms with Crippen molar-refractivity contribution in [2.45, 2.75) is 52.6 Å². The van der Waals surface area contributed by atoms with E-state index < -0.39 is 5.60 Å². The molecule has 2 nitrogen and oxygen atoms in total. The number of hydrogen-bond donors (Lipinski definition) is 0. The number of allylic oxidation sites excluding steroid dienone is 3. The van der Waals surface area contributed by atoms with Crippen molar-refractivity contribution in [3.05, 3.63) is 34.9 Å². The molecule has 0 heterocycles. The van der Waals surface area contributed by atoms with Gasteiger partial charge in [0.2, 0.25) is 0 Å². The van der Waals surface area contributed by atoms with Gasteiger partial charge < -0.3 is 4.74 Å². The zero-order chi connectivity index (χ0) is 13.9. The summed E-state index contributed by atoms with van der Waals surface area (Å²) in [6, 6.07) is 0. The highest BCUT2D eigenvalue weighted by molar-refractivity contribution is 6.14. The zero-order valence-electron chi connectivity index (χ0n) is 12.2. The average Bonchev–Trinajstić information content (AvgIpc) is 2.52. The molecular formula is C16H24O2. The van der Waals surface area contributed by atoms with E-state index in [2.05, 4.69) is 13.5 Å². The summed E-state index contributed by atoms with van der Waals surface area (Å²) in [6.07, 6.45) is 4.57. The summed E-state index contributed by atoms with van der Waals surface area (Å²) < 4.78 is 5.67. The monoisotopic (exact) mass is 248 g/mol. The van der Waals surface area contributed by atoms with Crippen molar-refractivity contribution in [1.82, 2.24) is 0 Å². The number of carbonyl (C=O) groups is 1. The van der Waals surface area contributed by atoms with E-state index in [0.717, 1.165) is 41.6 Å². The van der Waals surface area contributed by atoms with Crippen molar-refractivity contribution in [3.8, 4) is 0 Å². The van der Waals surface area contributed by atoms with E-state index >= 15 is 0 Å². The van der Waals surface area contributed by atoms with Crippen LogP contribution >= 0.6 is 0 Å². The largest absolute Gasteiger partial charge is 0.369 e. The normalized spacial score (nSPS) is 26.8. The van der Waals surface area contributed by atoms with Gasteiger partial charge in [-0.15, -0.1) is 6.58 Å². The van der Waals surface area contributed by atoms with Gasteiger partial charge in [-0.1, -0.05) is 25.0 Å². The number of carbonyl (C=O) groups excluding carboxylic acids is 1. The molecule has 2 heteroatoms. The summed E-state index contributed by atoms with van der Waals surface area (Å²) in [5.74, 6) is 0.141. The fourth-order valence-corrected chi connectivity index (χ4v) is 2.68. The lowest BCUT2D eigenvalue weighted by molar-refractivity contribution is -0.113. The smallest absolute Gasteiger partial charge is 0.187 e. The Morgan fingerprint density at radius 2 is 2.06 bits per heavy atom. The van der Waals surface area contributed by atoms with Crippen molar-refractivity contribution < 1.29 is 9.53 Å². The van der Waals surface area contributed by atoms with Gasteiger partial charge in [0.15, 0.2) is 5.78 Å². The summed E-state index contributed by atoms with van der Waals surface area (Å²) in [4.78, 5) is 12.5. The third kappa shape index (κ3) is 2.22. The molecule has 18 heavy (non-hydrogen) atoms. The van der Waals surface area contributed by atoms with E-state index in [9.17, 15) is 4.79 Å². The molecule has 0 radical (unpaired) electrons. The van der Waals surface area contributed by atoms with E-state index in [0.29, 0.717) is 0 Å². The maximum Gasteiger partial charge on any atom is 0.187 e. The Hall–Kier alpha value is -1.15. The highest BCUT2D eigenvalue weighted by Crippen LogP contribution is 2.42. The van der Waals surface area contributed by atoms with E-state index in [-0.39, 0.29) is 5.78 Å². The molecule has 0 aliphatic heterocycles. The molecule has 0 aromatic rings. The quantitative estimate of drug-likeness (QED) is 0.543. The summed E-state index contributed by atoms with van der Waals surface area (Å²) in [6.45, 7) is 11.8. The Morgan fingerprint density at radius 3 is 2.50 bits per heavy atom. The maximum atomic E-state index is 12.5. The molecule has 0 amide bonds. The van der Waals surface area contributed by atoms with Crippen molar-refractivity contribution in [1.29, 1.82) is 0 Å². The Labute approximate surface area is 110 Å². The van der Waals surface area contributed by atoms with Crippen LogP contribution in [-0.2, 0) is 9.53 Å². The molecule has 1 unspecified atom stereocenters. The van der Waals surface area contributed by atoms with E-state index in [1.165, 1.54) is 0 Å². The van der Waals surface area contributed by atoms with Crippen molar-refractivity contribution in [2.24, 2.45) is 0 Å². The van der Waals surface area contributed by atoms with Crippen LogP contribution in [0.25, 0.3) is 0 Å². The van der Waals surface area contributed by atoms with E-state index in [1.807, 2.05) is 26.8 Å². The second-order valence-corrected chi connectivity index (χ2v) is 5.04. The van der Waals surface area contributed by atoms with Gasteiger partial charge in [0, 0.05) is 12.7 Å². The zero-order valence-corrected chi connectivity index (χ0v) is 12.2.